The van der Waals surface area contributed by atoms with Gasteiger partial charge in [0.1, 0.15) is 66.1 Å². The molecule has 6 aromatic rings. The number of primary amides is 1. The maximum Gasteiger partial charge on any atom is 0.269 e. The average molecular weight is 1580 g/mol. The number of carbonyl (C=O) groups is 12. The van der Waals surface area contributed by atoms with Gasteiger partial charge in [0.15, 0.2) is 11.6 Å². The Kier molecular flexibility index (Phi) is 36.2. The van der Waals surface area contributed by atoms with E-state index in [4.69, 9.17) is 23.1 Å². The van der Waals surface area contributed by atoms with E-state index in [-0.39, 0.29) is 114 Å². The predicted molar refractivity (Wildman–Crippen MR) is 426 cm³/mol. The van der Waals surface area contributed by atoms with Crippen molar-refractivity contribution in [1.82, 2.24) is 83.3 Å². The number of nitrogens with zero attached hydrogens (tertiary/aromatic N) is 5. The topological polar surface area (TPSA) is 476 Å². The van der Waals surface area contributed by atoms with E-state index in [1.165, 1.54) is 55.8 Å². The van der Waals surface area contributed by atoms with Gasteiger partial charge in [-0.25, -0.2) is 9.97 Å². The summed E-state index contributed by atoms with van der Waals surface area (Å²) in [5.41, 5.74) is 13.4. The number of pyridine rings is 2. The summed E-state index contributed by atoms with van der Waals surface area (Å²) in [5, 5.41) is 47.2. The Labute approximate surface area is 663 Å². The molecule has 0 radical (unpaired) electrons. The molecule has 0 saturated carbocycles. The van der Waals surface area contributed by atoms with Crippen molar-refractivity contribution in [2.75, 3.05) is 43.8 Å². The van der Waals surface area contributed by atoms with Crippen LogP contribution in [0.15, 0.2) is 128 Å². The molecule has 32 nitrogen and oxygen atoms in total. The molecule has 0 spiro atoms. The maximum atomic E-state index is 15.2. The van der Waals surface area contributed by atoms with Crippen molar-refractivity contribution >= 4 is 105 Å². The largest absolute Gasteiger partial charge is 0.394 e. The molecule has 3 aromatic heterocycles. The Morgan fingerprint density at radius 2 is 1.07 bits per heavy atom. The summed E-state index contributed by atoms with van der Waals surface area (Å²) in [4.78, 5) is 188. The number of amides is 12. The molecule has 17 N–H and O–H groups in total. The molecule has 0 unspecified atom stereocenters. The molecule has 1 aliphatic heterocycles. The van der Waals surface area contributed by atoms with Crippen molar-refractivity contribution in [3.05, 3.63) is 155 Å². The average Bonchev–Trinajstić information content (AvgIpc) is 1.69. The molecule has 0 aliphatic carbocycles. The van der Waals surface area contributed by atoms with Crippen molar-refractivity contribution in [2.45, 2.75) is 204 Å². The fourth-order valence-corrected chi connectivity index (χ4v) is 13.0. The molecule has 7 rings (SSSR count). The van der Waals surface area contributed by atoms with Gasteiger partial charge < -0.3 is 85.3 Å². The van der Waals surface area contributed by atoms with Crippen molar-refractivity contribution in [2.24, 2.45) is 11.7 Å². The SMILES string of the molecule is CC(=O)N[C@H](Cc1ccc2ccccc2c1)C(=O)N[C@H](Cc1ccc(Cl)cc1)C(=O)N[C@H](Cc1cccnc1)C(=O)N[C@@H](CO)C(=O)N[C@@H](CCCCNC(=O)c1ccccn1)C(=O)N[C@H](CCCCNc1nccnc1N)C(=O)N[C@@H](CC(C)C)C(=O)N[C@@H](CCCCNC(C)C)C(=O)N1CCC[C@H]1C(=O)N[C@H](C)C(N)=O. The zero-order valence-electron chi connectivity index (χ0n) is 64.8. The van der Waals surface area contributed by atoms with E-state index < -0.39 is 138 Å². The summed E-state index contributed by atoms with van der Waals surface area (Å²) in [7, 11) is 0. The van der Waals surface area contributed by atoms with Crippen LogP contribution in [0, 0.1) is 5.92 Å². The van der Waals surface area contributed by atoms with Crippen molar-refractivity contribution in [3.8, 4) is 0 Å². The van der Waals surface area contributed by atoms with E-state index in [9.17, 15) is 53.1 Å². The normalized spacial score (nSPS) is 15.0. The second-order valence-electron chi connectivity index (χ2n) is 28.9. The highest BCUT2D eigenvalue weighted by Gasteiger charge is 2.40. The molecular formula is C80H108ClN19O13. The molecule has 10 atom stereocenters. The number of carbonyl (C=O) groups excluding carboxylic acids is 12. The van der Waals surface area contributed by atoms with E-state index in [0.29, 0.717) is 59.8 Å². The lowest BCUT2D eigenvalue weighted by molar-refractivity contribution is -0.142. The Morgan fingerprint density at radius 1 is 0.531 bits per heavy atom. The lowest BCUT2D eigenvalue weighted by Crippen LogP contribution is -2.61. The highest BCUT2D eigenvalue weighted by Crippen LogP contribution is 2.23. The first-order valence-electron chi connectivity index (χ1n) is 38.4. The van der Waals surface area contributed by atoms with Crippen LogP contribution < -0.4 is 75.3 Å². The van der Waals surface area contributed by atoms with E-state index in [1.54, 1.807) is 48.5 Å². The lowest BCUT2D eigenvalue weighted by Gasteiger charge is -2.31. The fourth-order valence-electron chi connectivity index (χ4n) is 12.9. The van der Waals surface area contributed by atoms with Crippen LogP contribution in [0.4, 0.5) is 11.6 Å². The van der Waals surface area contributed by atoms with Gasteiger partial charge in [0.25, 0.3) is 5.91 Å². The minimum Gasteiger partial charge on any atom is -0.394 e. The molecule has 113 heavy (non-hydrogen) atoms. The van der Waals surface area contributed by atoms with Gasteiger partial charge in [-0.05, 0) is 154 Å². The van der Waals surface area contributed by atoms with Gasteiger partial charge in [-0.1, -0.05) is 106 Å². The molecular weight excluding hydrogens is 1470 g/mol. The maximum absolute atomic E-state index is 15.2. The van der Waals surface area contributed by atoms with E-state index in [2.05, 4.69) is 83.7 Å². The highest BCUT2D eigenvalue weighted by atomic mass is 35.5. The number of anilines is 2. The monoisotopic (exact) mass is 1580 g/mol. The number of likely N-dealkylation sites (tertiary alicyclic amines) is 1. The highest BCUT2D eigenvalue weighted by molar-refractivity contribution is 6.30. The minimum atomic E-state index is -1.82. The quantitative estimate of drug-likeness (QED) is 0.0244. The first-order valence-corrected chi connectivity index (χ1v) is 38.8. The molecule has 33 heteroatoms. The Hall–Kier alpha value is -11.2. The van der Waals surface area contributed by atoms with Crippen LogP contribution in [0.25, 0.3) is 10.8 Å². The number of benzene rings is 3. The number of nitrogen functional groups attached to an aromatic ring is 1. The standard InChI is InChI=1S/C80H108ClN19O13/c1-48(2)41-62(74(107)95-61(25-12-13-34-85-49(3)4)80(113)100-40-18-26-67(100)79(112)91-50(5)69(83)103)96-73(106)60(23-10-15-36-88-70-68(82)87-38-39-89-70)93-72(105)59(24-11-16-37-90-71(104)58-22-9-14-35-86-58)94-78(111)66(47-101)99-77(110)65(45-54-19-17-33-84-46-54)98-76(109)64(43-52-28-31-57(81)32-29-52)97-75(108)63(92-51(6)102)44-53-27-30-55-20-7-8-21-56(55)42-53/h7-9,14,17,19-22,27-33,35,38-39,42,46,48-50,59-67,85,101H,10-13,15-16,18,23-26,34,36-37,40-41,43-45,47H2,1-6H3,(H2,82,87)(H2,83,103)(H,88,89)(H,90,104)(H,91,112)(H,92,102)(H,93,105)(H,94,111)(H,95,107)(H,96,106)(H,97,108)(H,98,109)(H,99,110)/t50-,59+,60-,61+,62+,63-,64-,65-,66+,67+/m1/s1. The number of halogens is 1. The lowest BCUT2D eigenvalue weighted by atomic mass is 9.99. The third kappa shape index (κ3) is 29.7. The van der Waals surface area contributed by atoms with Crippen LogP contribution in [0.2, 0.25) is 5.02 Å². The summed E-state index contributed by atoms with van der Waals surface area (Å²) in [5.74, 6) is -8.78. The summed E-state index contributed by atoms with van der Waals surface area (Å²) < 4.78 is 0. The number of hydrogen-bond acceptors (Lipinski definition) is 20. The van der Waals surface area contributed by atoms with Crippen LogP contribution in [-0.2, 0) is 72.0 Å². The third-order valence-electron chi connectivity index (χ3n) is 18.9. The Bertz CT molecular complexity index is 4170. The fraction of sp³-hybridized carbons (Fsp3) is 0.475. The number of rotatable bonds is 46. The first-order chi connectivity index (χ1) is 54.2. The number of hydrogen-bond donors (Lipinski definition) is 15. The molecule has 1 fully saturated rings. The zero-order chi connectivity index (χ0) is 81.9. The smallest absolute Gasteiger partial charge is 0.269 e. The molecule has 1 saturated heterocycles. The van der Waals surface area contributed by atoms with Gasteiger partial charge >= 0.3 is 0 Å². The number of aliphatic hydroxyl groups is 1. The predicted octanol–water partition coefficient (Wildman–Crippen LogP) is 2.65. The number of nitrogens with two attached hydrogens (primary N) is 2. The van der Waals surface area contributed by atoms with Crippen LogP contribution in [0.5, 0.6) is 0 Å². The summed E-state index contributed by atoms with van der Waals surface area (Å²) >= 11 is 6.27. The summed E-state index contributed by atoms with van der Waals surface area (Å²) in [6.07, 6.45) is 9.76. The van der Waals surface area contributed by atoms with Crippen LogP contribution in [-0.4, -0.2) is 200 Å². The molecule has 0 bridgehead atoms. The summed E-state index contributed by atoms with van der Waals surface area (Å²) in [6, 6.07) is 14.6. The number of unbranched alkanes of at least 4 members (excludes halogenated alkanes) is 3. The van der Waals surface area contributed by atoms with E-state index in [0.717, 1.165) is 10.8 Å². The molecule has 12 amide bonds. The van der Waals surface area contributed by atoms with Crippen molar-refractivity contribution in [1.29, 1.82) is 0 Å². The molecule has 3 aromatic carbocycles. The van der Waals surface area contributed by atoms with E-state index >= 15 is 9.59 Å². The van der Waals surface area contributed by atoms with Gasteiger partial charge in [0.2, 0.25) is 65.0 Å². The van der Waals surface area contributed by atoms with E-state index in [1.807, 2.05) is 70.2 Å². The number of fused-ring (bicyclic) bond motifs is 1. The van der Waals surface area contributed by atoms with Gasteiger partial charge in [0, 0.05) is 87.9 Å². The number of nitrogens with one attached hydrogen (secondary N) is 12. The number of aliphatic hydroxyl groups excluding tert-OH is 1. The number of aromatic nitrogens is 4. The van der Waals surface area contributed by atoms with Crippen molar-refractivity contribution in [3.63, 3.8) is 0 Å². The molecule has 4 heterocycles. The Balaban J connectivity index is 1.15. The van der Waals surface area contributed by atoms with Crippen LogP contribution in [0.1, 0.15) is 146 Å². The van der Waals surface area contributed by atoms with Crippen LogP contribution in [0.3, 0.4) is 0 Å². The van der Waals surface area contributed by atoms with Crippen molar-refractivity contribution < 1.29 is 62.6 Å². The zero-order valence-corrected chi connectivity index (χ0v) is 65.6. The van der Waals surface area contributed by atoms with Gasteiger partial charge in [-0.15, -0.1) is 0 Å². The summed E-state index contributed by atoms with van der Waals surface area (Å²) in [6.45, 7) is 10.4. The van der Waals surface area contributed by atoms with Gasteiger partial charge in [-0.3, -0.25) is 67.5 Å². The minimum absolute atomic E-state index is 0.0317. The first kappa shape index (κ1) is 89.0. The van der Waals surface area contributed by atoms with Crippen LogP contribution >= 0.6 is 11.6 Å². The molecule has 1 aliphatic rings. The van der Waals surface area contributed by atoms with Gasteiger partial charge in [-0.2, -0.15) is 0 Å². The second kappa shape index (κ2) is 45.9. The molecule has 608 valence electrons. The third-order valence-corrected chi connectivity index (χ3v) is 19.2. The Morgan fingerprint density at radius 3 is 1.67 bits per heavy atom. The van der Waals surface area contributed by atoms with Gasteiger partial charge in [0.05, 0.1) is 6.61 Å². The second-order valence-corrected chi connectivity index (χ2v) is 29.3.